The molecular formula is C18H19NO2. The van der Waals surface area contributed by atoms with Gasteiger partial charge in [0.15, 0.2) is 5.78 Å². The number of ketones is 1. The molecule has 0 aromatic heterocycles. The molecule has 1 N–H and O–H groups in total. The van der Waals surface area contributed by atoms with Crippen LogP contribution in [0.2, 0.25) is 0 Å². The summed E-state index contributed by atoms with van der Waals surface area (Å²) in [6.07, 6.45) is 3.24. The second-order valence-electron chi connectivity index (χ2n) is 4.79. The molecule has 0 atom stereocenters. The first-order chi connectivity index (χ1) is 10.2. The number of allylic oxidation sites excluding steroid dienone is 1. The predicted octanol–water partition coefficient (Wildman–Crippen LogP) is 3.49. The van der Waals surface area contributed by atoms with Crippen LogP contribution in [-0.2, 0) is 6.54 Å². The van der Waals surface area contributed by atoms with E-state index < -0.39 is 0 Å². The minimum atomic E-state index is -0.00256. The largest absolute Gasteiger partial charge is 0.497 e. The smallest absolute Gasteiger partial charge is 0.187 e. The minimum Gasteiger partial charge on any atom is -0.497 e. The van der Waals surface area contributed by atoms with E-state index >= 15 is 0 Å². The van der Waals surface area contributed by atoms with Gasteiger partial charge in [-0.3, -0.25) is 4.79 Å². The summed E-state index contributed by atoms with van der Waals surface area (Å²) < 4.78 is 5.10. The third-order valence-corrected chi connectivity index (χ3v) is 3.15. The Hall–Kier alpha value is -2.55. The summed E-state index contributed by atoms with van der Waals surface area (Å²) in [7, 11) is 1.65. The van der Waals surface area contributed by atoms with Crippen LogP contribution in [0, 0.1) is 6.92 Å². The maximum absolute atomic E-state index is 11.9. The zero-order valence-corrected chi connectivity index (χ0v) is 12.3. The average molecular weight is 281 g/mol. The monoisotopic (exact) mass is 281 g/mol. The Kier molecular flexibility index (Phi) is 5.16. The molecule has 108 valence electrons. The van der Waals surface area contributed by atoms with Gasteiger partial charge in [0.05, 0.1) is 7.11 Å². The molecule has 0 fully saturated rings. The van der Waals surface area contributed by atoms with Crippen molar-refractivity contribution in [1.29, 1.82) is 0 Å². The van der Waals surface area contributed by atoms with Gasteiger partial charge in [0.1, 0.15) is 5.75 Å². The molecule has 0 bridgehead atoms. The molecule has 0 heterocycles. The van der Waals surface area contributed by atoms with Gasteiger partial charge < -0.3 is 10.1 Å². The van der Waals surface area contributed by atoms with Crippen LogP contribution in [0.25, 0.3) is 0 Å². The second-order valence-corrected chi connectivity index (χ2v) is 4.79. The lowest BCUT2D eigenvalue weighted by Crippen LogP contribution is -2.05. The van der Waals surface area contributed by atoms with Crippen LogP contribution in [-0.4, -0.2) is 12.9 Å². The Balaban J connectivity index is 1.84. The molecule has 0 aliphatic rings. The molecule has 2 rings (SSSR count). The van der Waals surface area contributed by atoms with E-state index in [0.717, 1.165) is 16.9 Å². The molecule has 0 saturated heterocycles. The Morgan fingerprint density at radius 3 is 2.38 bits per heavy atom. The van der Waals surface area contributed by atoms with Crippen molar-refractivity contribution >= 4 is 5.78 Å². The van der Waals surface area contributed by atoms with E-state index in [0.29, 0.717) is 12.1 Å². The number of aryl methyl sites for hydroxylation is 1. The highest BCUT2D eigenvalue weighted by atomic mass is 16.5. The first-order valence-electron chi connectivity index (χ1n) is 6.83. The third kappa shape index (κ3) is 4.49. The van der Waals surface area contributed by atoms with Crippen LogP contribution in [0.4, 0.5) is 0 Å². The van der Waals surface area contributed by atoms with E-state index in [1.165, 1.54) is 0 Å². The molecule has 2 aromatic rings. The summed E-state index contributed by atoms with van der Waals surface area (Å²) in [5.74, 6) is 0.834. The summed E-state index contributed by atoms with van der Waals surface area (Å²) in [6, 6.07) is 15.4. The minimum absolute atomic E-state index is 0.00256. The van der Waals surface area contributed by atoms with Crippen molar-refractivity contribution < 1.29 is 9.53 Å². The maximum Gasteiger partial charge on any atom is 0.187 e. The Morgan fingerprint density at radius 2 is 1.76 bits per heavy atom. The molecule has 0 amide bonds. The highest BCUT2D eigenvalue weighted by molar-refractivity contribution is 6.04. The molecular weight excluding hydrogens is 262 g/mol. The van der Waals surface area contributed by atoms with Gasteiger partial charge >= 0.3 is 0 Å². The van der Waals surface area contributed by atoms with E-state index in [-0.39, 0.29) is 5.78 Å². The van der Waals surface area contributed by atoms with Crippen LogP contribution in [0.15, 0.2) is 60.8 Å². The van der Waals surface area contributed by atoms with Gasteiger partial charge in [0.2, 0.25) is 0 Å². The van der Waals surface area contributed by atoms with Gasteiger partial charge in [-0.25, -0.2) is 0 Å². The molecule has 2 aromatic carbocycles. The lowest BCUT2D eigenvalue weighted by atomic mass is 10.1. The van der Waals surface area contributed by atoms with Crippen molar-refractivity contribution in [2.45, 2.75) is 13.5 Å². The first kappa shape index (κ1) is 14.9. The zero-order chi connectivity index (χ0) is 15.1. The predicted molar refractivity (Wildman–Crippen MR) is 84.5 cm³/mol. The molecule has 3 heteroatoms. The lowest BCUT2D eigenvalue weighted by Gasteiger charge is -2.03. The van der Waals surface area contributed by atoms with E-state index in [1.54, 1.807) is 19.4 Å². The summed E-state index contributed by atoms with van der Waals surface area (Å²) in [4.78, 5) is 11.9. The third-order valence-electron chi connectivity index (χ3n) is 3.15. The SMILES string of the molecule is COc1ccc(CN/C=C/C(=O)c2ccc(C)cc2)cc1. The van der Waals surface area contributed by atoms with E-state index in [9.17, 15) is 4.79 Å². The standard InChI is InChI=1S/C18H19NO2/c1-14-3-7-16(8-4-14)18(20)11-12-19-13-15-5-9-17(21-2)10-6-15/h3-12,19H,13H2,1-2H3/b12-11+. The molecule has 0 radical (unpaired) electrons. The van der Waals surface area contributed by atoms with Gasteiger partial charge in [0.25, 0.3) is 0 Å². The Labute approximate surface area is 125 Å². The molecule has 0 aliphatic heterocycles. The number of benzene rings is 2. The van der Waals surface area contributed by atoms with Crippen molar-refractivity contribution in [2.75, 3.05) is 7.11 Å². The molecule has 0 spiro atoms. The summed E-state index contributed by atoms with van der Waals surface area (Å²) in [5.41, 5.74) is 2.97. The number of rotatable bonds is 6. The fourth-order valence-electron chi connectivity index (χ4n) is 1.87. The summed E-state index contributed by atoms with van der Waals surface area (Å²) in [5, 5.41) is 3.11. The van der Waals surface area contributed by atoms with Gasteiger partial charge in [-0.15, -0.1) is 0 Å². The zero-order valence-electron chi connectivity index (χ0n) is 12.3. The van der Waals surface area contributed by atoms with Crippen LogP contribution in [0.3, 0.4) is 0 Å². The number of ether oxygens (including phenoxy) is 1. The van der Waals surface area contributed by atoms with E-state index in [2.05, 4.69) is 5.32 Å². The normalized spacial score (nSPS) is 10.6. The Morgan fingerprint density at radius 1 is 1.10 bits per heavy atom. The fraction of sp³-hybridized carbons (Fsp3) is 0.167. The van der Waals surface area contributed by atoms with Gasteiger partial charge in [0, 0.05) is 24.4 Å². The summed E-state index contributed by atoms with van der Waals surface area (Å²) >= 11 is 0. The summed E-state index contributed by atoms with van der Waals surface area (Å²) in [6.45, 7) is 2.67. The molecule has 0 saturated carbocycles. The topological polar surface area (TPSA) is 38.3 Å². The van der Waals surface area contributed by atoms with Gasteiger partial charge in [-0.05, 0) is 24.6 Å². The number of hydrogen-bond donors (Lipinski definition) is 1. The van der Waals surface area contributed by atoms with E-state index in [1.807, 2.05) is 55.5 Å². The number of carbonyl (C=O) groups is 1. The van der Waals surface area contributed by atoms with Gasteiger partial charge in [-0.1, -0.05) is 42.0 Å². The molecule has 0 aliphatic carbocycles. The van der Waals surface area contributed by atoms with Crippen LogP contribution >= 0.6 is 0 Å². The molecule has 3 nitrogen and oxygen atoms in total. The number of nitrogens with one attached hydrogen (secondary N) is 1. The number of methoxy groups -OCH3 is 1. The lowest BCUT2D eigenvalue weighted by molar-refractivity contribution is 0.104. The van der Waals surface area contributed by atoms with Gasteiger partial charge in [-0.2, -0.15) is 0 Å². The quantitative estimate of drug-likeness (QED) is 0.650. The van der Waals surface area contributed by atoms with Crippen molar-refractivity contribution in [1.82, 2.24) is 5.32 Å². The van der Waals surface area contributed by atoms with Crippen molar-refractivity contribution in [3.05, 3.63) is 77.5 Å². The van der Waals surface area contributed by atoms with Crippen LogP contribution in [0.1, 0.15) is 21.5 Å². The Bertz CT molecular complexity index is 613. The molecule has 21 heavy (non-hydrogen) atoms. The first-order valence-corrected chi connectivity index (χ1v) is 6.83. The van der Waals surface area contributed by atoms with Crippen molar-refractivity contribution in [3.8, 4) is 5.75 Å². The van der Waals surface area contributed by atoms with Crippen molar-refractivity contribution in [2.24, 2.45) is 0 Å². The fourth-order valence-corrected chi connectivity index (χ4v) is 1.87. The number of carbonyl (C=O) groups excluding carboxylic acids is 1. The number of hydrogen-bond acceptors (Lipinski definition) is 3. The maximum atomic E-state index is 11.9. The molecule has 0 unspecified atom stereocenters. The van der Waals surface area contributed by atoms with Crippen molar-refractivity contribution in [3.63, 3.8) is 0 Å². The van der Waals surface area contributed by atoms with Crippen LogP contribution < -0.4 is 10.1 Å². The highest BCUT2D eigenvalue weighted by Gasteiger charge is 2.00. The van der Waals surface area contributed by atoms with E-state index in [4.69, 9.17) is 4.74 Å². The highest BCUT2D eigenvalue weighted by Crippen LogP contribution is 2.11. The van der Waals surface area contributed by atoms with Crippen LogP contribution in [0.5, 0.6) is 5.75 Å². The average Bonchev–Trinajstić information content (AvgIpc) is 2.52. The second kappa shape index (κ2) is 7.29.